The Morgan fingerprint density at radius 1 is 0.464 bits per heavy atom. The minimum atomic E-state index is 0.484. The normalized spacial score (nSPS) is 11.9. The van der Waals surface area contributed by atoms with Gasteiger partial charge in [-0.1, -0.05) is 109 Å². The third kappa shape index (κ3) is 3.97. The van der Waals surface area contributed by atoms with E-state index in [1.807, 2.05) is 78.9 Å². The maximum Gasteiger partial charge on any atom is 0.211 e. The lowest BCUT2D eigenvalue weighted by atomic mass is 9.97. The van der Waals surface area contributed by atoms with Gasteiger partial charge in [0.1, 0.15) is 22.8 Å². The van der Waals surface area contributed by atoms with Crippen LogP contribution in [0.2, 0.25) is 0 Å². The summed E-state index contributed by atoms with van der Waals surface area (Å²) < 4.78 is 17.5. The van der Waals surface area contributed by atoms with Gasteiger partial charge in [-0.3, -0.25) is 0 Å². The van der Waals surface area contributed by atoms with E-state index in [-0.39, 0.29) is 0 Å². The van der Waals surface area contributed by atoms with Gasteiger partial charge < -0.3 is 18.0 Å². The smallest absolute Gasteiger partial charge is 0.211 e. The van der Waals surface area contributed by atoms with Crippen LogP contribution in [0.25, 0.3) is 115 Å². The van der Waals surface area contributed by atoms with E-state index in [1.165, 1.54) is 0 Å². The Kier molecular flexibility index (Phi) is 6.10. The van der Waals surface area contributed by atoms with E-state index in [1.54, 1.807) is 0 Å². The number of hydrogen-bond acceptors (Lipinski definition) is 3. The predicted octanol–water partition coefficient (Wildman–Crippen LogP) is 13.8. The zero-order valence-electron chi connectivity index (χ0n) is 29.6. The van der Waals surface area contributed by atoms with Crippen LogP contribution in [0.3, 0.4) is 0 Å². The molecule has 0 fully saturated rings. The Labute approximate surface area is 318 Å². The third-order valence-corrected chi connectivity index (χ3v) is 11.4. The fourth-order valence-corrected chi connectivity index (χ4v) is 9.06. The first-order chi connectivity index (χ1) is 27.7. The second-order valence-electron chi connectivity index (χ2n) is 14.2. The van der Waals surface area contributed by atoms with E-state index in [9.17, 15) is 5.26 Å². The van der Waals surface area contributed by atoms with E-state index in [0.717, 1.165) is 110 Å². The van der Waals surface area contributed by atoms with Crippen LogP contribution < -0.4 is 0 Å². The monoisotopic (exact) mass is 714 g/mol. The van der Waals surface area contributed by atoms with Crippen LogP contribution >= 0.6 is 0 Å². The second-order valence-corrected chi connectivity index (χ2v) is 14.2. The molecule has 0 atom stereocenters. The Balaban J connectivity index is 1.23. The molecule has 0 radical (unpaired) electrons. The largest absolute Gasteiger partial charge is 0.456 e. The molecule has 12 rings (SSSR count). The molecule has 4 aromatic heterocycles. The highest BCUT2D eigenvalue weighted by molar-refractivity contribution is 6.22. The first kappa shape index (κ1) is 30.4. The van der Waals surface area contributed by atoms with Gasteiger partial charge in [0.15, 0.2) is 5.58 Å². The molecule has 0 amide bonds. The number of aromatic nitrogens is 2. The molecule has 258 valence electrons. The van der Waals surface area contributed by atoms with Gasteiger partial charge >= 0.3 is 0 Å². The summed E-state index contributed by atoms with van der Waals surface area (Å²) in [5, 5.41) is 19.2. The molecule has 0 N–H and O–H groups in total. The number of fused-ring (bicyclic) bond motifs is 13. The van der Waals surface area contributed by atoms with Gasteiger partial charge in [0.25, 0.3) is 0 Å². The Morgan fingerprint density at radius 2 is 1.07 bits per heavy atom. The average molecular weight is 715 g/mol. The van der Waals surface area contributed by atoms with Gasteiger partial charge in [0, 0.05) is 54.7 Å². The van der Waals surface area contributed by atoms with E-state index in [0.29, 0.717) is 11.3 Å². The quantitative estimate of drug-likeness (QED) is 0.171. The Bertz CT molecular complexity index is 3750. The summed E-state index contributed by atoms with van der Waals surface area (Å²) in [5.74, 6) is 0. The van der Waals surface area contributed by atoms with Crippen molar-refractivity contribution in [2.75, 3.05) is 0 Å². The van der Waals surface area contributed by atoms with Crippen molar-refractivity contribution in [1.82, 2.24) is 9.13 Å². The van der Waals surface area contributed by atoms with Crippen molar-refractivity contribution in [2.24, 2.45) is 0 Å². The van der Waals surface area contributed by atoms with Crippen LogP contribution in [0.1, 0.15) is 5.56 Å². The van der Waals surface area contributed by atoms with E-state index in [2.05, 4.69) is 98.9 Å². The van der Waals surface area contributed by atoms with Gasteiger partial charge in [-0.15, -0.1) is 0 Å². The van der Waals surface area contributed by atoms with Gasteiger partial charge in [0.2, 0.25) is 5.69 Å². The van der Waals surface area contributed by atoms with Crippen molar-refractivity contribution in [3.05, 3.63) is 175 Å². The van der Waals surface area contributed by atoms with Crippen molar-refractivity contribution in [1.29, 1.82) is 5.26 Å². The van der Waals surface area contributed by atoms with Gasteiger partial charge in [-0.25, -0.2) is 4.85 Å². The molecule has 56 heavy (non-hydrogen) atoms. The van der Waals surface area contributed by atoms with Crippen LogP contribution in [0.5, 0.6) is 0 Å². The summed E-state index contributed by atoms with van der Waals surface area (Å²) in [5.41, 5.74) is 11.0. The second kappa shape index (κ2) is 11.2. The molecule has 6 nitrogen and oxygen atoms in total. The minimum Gasteiger partial charge on any atom is -0.456 e. The molecule has 0 saturated heterocycles. The summed E-state index contributed by atoms with van der Waals surface area (Å²) in [6, 6.07) is 55.7. The molecule has 12 aromatic rings. The SMILES string of the molecule is [C-]#[N+]c1cccc(-c2cccc(C#N)c2-n2c3ccccc3c3cc4c(cc32)oc2ccccc24)c1-n1c2ccccc2c2ccc3c4ccccc4oc3c21. The van der Waals surface area contributed by atoms with Gasteiger partial charge in [-0.2, -0.15) is 5.26 Å². The molecule has 0 aliphatic rings. The standard InChI is InChI=1S/C50H26N4O2/c1-52-40-19-11-18-35(48(40)54-42-21-7-2-13-30(42)36-24-25-37-32-15-4-9-23-45(32)56-50(37)49(36)54)34-17-10-12-29(28-51)47(34)53-41-20-6-3-14-31(41)38-26-39-33-16-5-8-22-44(33)55-46(39)27-43(38)53/h2-27H. The summed E-state index contributed by atoms with van der Waals surface area (Å²) >= 11 is 0. The lowest BCUT2D eigenvalue weighted by molar-refractivity contribution is 0.669. The van der Waals surface area contributed by atoms with E-state index >= 15 is 0 Å². The molecule has 0 saturated carbocycles. The lowest BCUT2D eigenvalue weighted by Gasteiger charge is -2.20. The van der Waals surface area contributed by atoms with Crippen molar-refractivity contribution in [2.45, 2.75) is 0 Å². The molecule has 0 spiro atoms. The highest BCUT2D eigenvalue weighted by Crippen LogP contribution is 2.47. The zero-order chi connectivity index (χ0) is 37.1. The lowest BCUT2D eigenvalue weighted by Crippen LogP contribution is -2.04. The van der Waals surface area contributed by atoms with Gasteiger partial charge in [-0.05, 0) is 48.0 Å². The zero-order valence-corrected chi connectivity index (χ0v) is 29.6. The number of rotatable bonds is 3. The van der Waals surface area contributed by atoms with Crippen molar-refractivity contribution < 1.29 is 8.83 Å². The summed E-state index contributed by atoms with van der Waals surface area (Å²) in [6.45, 7) is 8.54. The number of furan rings is 2. The summed E-state index contributed by atoms with van der Waals surface area (Å²) in [4.78, 5) is 4.15. The first-order valence-electron chi connectivity index (χ1n) is 18.4. The Hall–Kier alpha value is -8.06. The summed E-state index contributed by atoms with van der Waals surface area (Å²) in [6.07, 6.45) is 0. The van der Waals surface area contributed by atoms with Crippen molar-refractivity contribution in [3.8, 4) is 28.6 Å². The van der Waals surface area contributed by atoms with E-state index in [4.69, 9.17) is 15.4 Å². The van der Waals surface area contributed by atoms with Crippen molar-refractivity contribution >= 4 is 93.2 Å². The number of nitrogens with zero attached hydrogens (tertiary/aromatic N) is 4. The van der Waals surface area contributed by atoms with Crippen LogP contribution in [0.15, 0.2) is 167 Å². The number of benzene rings is 8. The number of nitriles is 1. The third-order valence-electron chi connectivity index (χ3n) is 11.4. The fraction of sp³-hybridized carbons (Fsp3) is 0. The first-order valence-corrected chi connectivity index (χ1v) is 18.4. The predicted molar refractivity (Wildman–Crippen MR) is 226 cm³/mol. The molecular formula is C50H26N4O2. The Morgan fingerprint density at radius 3 is 1.82 bits per heavy atom. The topological polar surface area (TPSA) is 64.3 Å². The number of para-hydroxylation sites is 6. The average Bonchev–Trinajstić information content (AvgIpc) is 3.99. The fourth-order valence-electron chi connectivity index (χ4n) is 9.06. The van der Waals surface area contributed by atoms with Crippen LogP contribution in [0.4, 0.5) is 5.69 Å². The van der Waals surface area contributed by atoms with Crippen LogP contribution in [0, 0.1) is 17.9 Å². The van der Waals surface area contributed by atoms with Crippen molar-refractivity contribution in [3.63, 3.8) is 0 Å². The molecule has 0 aliphatic carbocycles. The maximum absolute atomic E-state index is 10.9. The van der Waals surface area contributed by atoms with Gasteiger partial charge in [0.05, 0.1) is 45.6 Å². The minimum absolute atomic E-state index is 0.484. The van der Waals surface area contributed by atoms with E-state index < -0.39 is 0 Å². The highest BCUT2D eigenvalue weighted by Gasteiger charge is 2.26. The molecule has 0 aliphatic heterocycles. The molecule has 4 heterocycles. The van der Waals surface area contributed by atoms with Crippen LogP contribution in [-0.4, -0.2) is 9.13 Å². The molecular weight excluding hydrogens is 689 g/mol. The summed E-state index contributed by atoms with van der Waals surface area (Å²) in [7, 11) is 0. The molecule has 6 heteroatoms. The molecule has 8 aromatic carbocycles. The van der Waals surface area contributed by atoms with Crippen LogP contribution in [-0.2, 0) is 0 Å². The highest BCUT2D eigenvalue weighted by atomic mass is 16.3. The maximum atomic E-state index is 10.9. The molecule has 0 unspecified atom stereocenters. The molecule has 0 bridgehead atoms. The number of hydrogen-bond donors (Lipinski definition) is 0.